The Bertz CT molecular complexity index is 754. The lowest BCUT2D eigenvalue weighted by Crippen LogP contribution is -2.43. The lowest BCUT2D eigenvalue weighted by atomic mass is 10.1. The van der Waals surface area contributed by atoms with E-state index in [0.29, 0.717) is 5.75 Å². The molecule has 0 unspecified atom stereocenters. The summed E-state index contributed by atoms with van der Waals surface area (Å²) in [6, 6.07) is 6.11. The molecule has 1 aromatic rings. The first kappa shape index (κ1) is 20.2. The van der Waals surface area contributed by atoms with Crippen LogP contribution in [0.5, 0.6) is 5.75 Å². The maximum absolute atomic E-state index is 12.7. The summed E-state index contributed by atoms with van der Waals surface area (Å²) in [7, 11) is -5.01. The Hall–Kier alpha value is -1.16. The van der Waals surface area contributed by atoms with Gasteiger partial charge in [-0.15, -0.1) is 0 Å². The number of sulfonamides is 1. The standard InChI is InChI=1S/C16H26N2O5S2/c1-3-24(19,20)13-12-23-15-4-6-16(7-5-15)25(21,22)18(2)14-8-10-17-11-9-14/h4-7,14,17H,3,8-13H2,1-2H3. The molecule has 0 aliphatic carbocycles. The number of hydrogen-bond donors (Lipinski definition) is 1. The van der Waals surface area contributed by atoms with Crippen LogP contribution in [0.4, 0.5) is 0 Å². The molecule has 142 valence electrons. The molecular weight excluding hydrogens is 364 g/mol. The van der Waals surface area contributed by atoms with E-state index < -0.39 is 19.9 Å². The third kappa shape index (κ3) is 5.40. The second-order valence-electron chi connectivity index (χ2n) is 6.06. The van der Waals surface area contributed by atoms with E-state index in [0.717, 1.165) is 25.9 Å². The quantitative estimate of drug-likeness (QED) is 0.708. The Morgan fingerprint density at radius 2 is 1.72 bits per heavy atom. The molecule has 1 aliphatic rings. The van der Waals surface area contributed by atoms with E-state index in [1.165, 1.54) is 16.4 Å². The van der Waals surface area contributed by atoms with Gasteiger partial charge in [0.2, 0.25) is 10.0 Å². The van der Waals surface area contributed by atoms with Gasteiger partial charge in [0.1, 0.15) is 12.4 Å². The van der Waals surface area contributed by atoms with Crippen LogP contribution < -0.4 is 10.1 Å². The molecule has 7 nitrogen and oxygen atoms in total. The number of nitrogens with one attached hydrogen (secondary N) is 1. The molecular formula is C16H26N2O5S2. The van der Waals surface area contributed by atoms with Crippen molar-refractivity contribution in [2.24, 2.45) is 0 Å². The van der Waals surface area contributed by atoms with E-state index >= 15 is 0 Å². The molecule has 0 aromatic heterocycles. The third-order valence-electron chi connectivity index (χ3n) is 4.43. The summed E-state index contributed by atoms with van der Waals surface area (Å²) in [6.45, 7) is 3.28. The lowest BCUT2D eigenvalue weighted by Gasteiger charge is -2.30. The minimum atomic E-state index is -3.55. The van der Waals surface area contributed by atoms with Crippen LogP contribution in [0.25, 0.3) is 0 Å². The molecule has 1 heterocycles. The Balaban J connectivity index is 2.00. The molecule has 1 aromatic carbocycles. The highest BCUT2D eigenvalue weighted by Gasteiger charge is 2.28. The minimum absolute atomic E-state index is 0.00132. The molecule has 1 N–H and O–H groups in total. The van der Waals surface area contributed by atoms with Crippen LogP contribution in [-0.4, -0.2) is 65.4 Å². The monoisotopic (exact) mass is 390 g/mol. The summed E-state index contributed by atoms with van der Waals surface area (Å²) in [5, 5.41) is 3.22. The average Bonchev–Trinajstić information content (AvgIpc) is 2.62. The molecule has 0 bridgehead atoms. The van der Waals surface area contributed by atoms with Gasteiger partial charge in [0.25, 0.3) is 0 Å². The molecule has 2 rings (SSSR count). The number of piperidine rings is 1. The Kier molecular flexibility index (Phi) is 6.84. The normalized spacial score (nSPS) is 16.9. The predicted octanol–water partition coefficient (Wildman–Crippen LogP) is 0.873. The zero-order valence-electron chi connectivity index (χ0n) is 14.6. The van der Waals surface area contributed by atoms with Crippen molar-refractivity contribution in [3.63, 3.8) is 0 Å². The summed E-state index contributed by atoms with van der Waals surface area (Å²) in [5.41, 5.74) is 0. The summed E-state index contributed by atoms with van der Waals surface area (Å²) < 4.78 is 55.1. The first-order valence-corrected chi connectivity index (χ1v) is 11.6. The largest absolute Gasteiger partial charge is 0.493 e. The van der Waals surface area contributed by atoms with Crippen molar-refractivity contribution < 1.29 is 21.6 Å². The van der Waals surface area contributed by atoms with Crippen molar-refractivity contribution in [2.75, 3.05) is 38.2 Å². The van der Waals surface area contributed by atoms with Crippen molar-refractivity contribution in [3.05, 3.63) is 24.3 Å². The van der Waals surface area contributed by atoms with E-state index in [4.69, 9.17) is 4.74 Å². The SMILES string of the molecule is CCS(=O)(=O)CCOc1ccc(S(=O)(=O)N(C)C2CCNCC2)cc1. The first-order chi connectivity index (χ1) is 11.8. The third-order valence-corrected chi connectivity index (χ3v) is 8.02. The van der Waals surface area contributed by atoms with E-state index in [1.54, 1.807) is 26.1 Å². The van der Waals surface area contributed by atoms with E-state index in [-0.39, 0.29) is 29.0 Å². The predicted molar refractivity (Wildman–Crippen MR) is 97.1 cm³/mol. The molecule has 9 heteroatoms. The zero-order chi connectivity index (χ0) is 18.5. The topological polar surface area (TPSA) is 92.8 Å². The fraction of sp³-hybridized carbons (Fsp3) is 0.625. The van der Waals surface area contributed by atoms with Gasteiger partial charge in [0, 0.05) is 18.8 Å². The van der Waals surface area contributed by atoms with Gasteiger partial charge in [-0.25, -0.2) is 16.8 Å². The van der Waals surface area contributed by atoms with Gasteiger partial charge in [0.05, 0.1) is 10.6 Å². The number of ether oxygens (including phenoxy) is 1. The molecule has 1 aliphatic heterocycles. The van der Waals surface area contributed by atoms with Crippen molar-refractivity contribution in [1.29, 1.82) is 0 Å². The molecule has 0 saturated carbocycles. The maximum atomic E-state index is 12.7. The van der Waals surface area contributed by atoms with Crippen molar-refractivity contribution in [1.82, 2.24) is 9.62 Å². The highest BCUT2D eigenvalue weighted by molar-refractivity contribution is 7.91. The fourth-order valence-electron chi connectivity index (χ4n) is 2.67. The van der Waals surface area contributed by atoms with Crippen LogP contribution in [-0.2, 0) is 19.9 Å². The lowest BCUT2D eigenvalue weighted by molar-refractivity contribution is 0.296. The van der Waals surface area contributed by atoms with E-state index in [9.17, 15) is 16.8 Å². The molecule has 1 fully saturated rings. The van der Waals surface area contributed by atoms with E-state index in [2.05, 4.69) is 5.32 Å². The van der Waals surface area contributed by atoms with Crippen LogP contribution >= 0.6 is 0 Å². The highest BCUT2D eigenvalue weighted by Crippen LogP contribution is 2.22. The van der Waals surface area contributed by atoms with Gasteiger partial charge in [-0.3, -0.25) is 0 Å². The summed E-state index contributed by atoms with van der Waals surface area (Å²) in [6.07, 6.45) is 1.59. The van der Waals surface area contributed by atoms with E-state index in [1.807, 2.05) is 0 Å². The van der Waals surface area contributed by atoms with Gasteiger partial charge in [0.15, 0.2) is 9.84 Å². The smallest absolute Gasteiger partial charge is 0.243 e. The van der Waals surface area contributed by atoms with Crippen molar-refractivity contribution >= 4 is 19.9 Å². The number of benzene rings is 1. The maximum Gasteiger partial charge on any atom is 0.243 e. The van der Waals surface area contributed by atoms with Gasteiger partial charge in [-0.2, -0.15) is 4.31 Å². The van der Waals surface area contributed by atoms with Gasteiger partial charge in [-0.1, -0.05) is 6.92 Å². The molecule has 25 heavy (non-hydrogen) atoms. The van der Waals surface area contributed by atoms with Crippen LogP contribution in [0, 0.1) is 0 Å². The zero-order valence-corrected chi connectivity index (χ0v) is 16.3. The van der Waals surface area contributed by atoms with Gasteiger partial charge >= 0.3 is 0 Å². The molecule has 0 spiro atoms. The highest BCUT2D eigenvalue weighted by atomic mass is 32.2. The van der Waals surface area contributed by atoms with Gasteiger partial charge < -0.3 is 10.1 Å². The number of sulfone groups is 1. The Morgan fingerprint density at radius 1 is 1.12 bits per heavy atom. The summed E-state index contributed by atoms with van der Waals surface area (Å²) >= 11 is 0. The van der Waals surface area contributed by atoms with Crippen LogP contribution in [0.2, 0.25) is 0 Å². The van der Waals surface area contributed by atoms with Crippen LogP contribution in [0.15, 0.2) is 29.2 Å². The van der Waals surface area contributed by atoms with Crippen molar-refractivity contribution in [2.45, 2.75) is 30.7 Å². The van der Waals surface area contributed by atoms with Crippen molar-refractivity contribution in [3.8, 4) is 5.75 Å². The molecule has 1 saturated heterocycles. The second-order valence-corrected chi connectivity index (χ2v) is 10.5. The molecule has 0 amide bonds. The second kappa shape index (κ2) is 8.48. The summed E-state index contributed by atoms with van der Waals surface area (Å²) in [4.78, 5) is 0.210. The number of hydrogen-bond acceptors (Lipinski definition) is 6. The Morgan fingerprint density at radius 3 is 2.28 bits per heavy atom. The number of rotatable bonds is 8. The fourth-order valence-corrected chi connectivity index (χ4v) is 4.71. The van der Waals surface area contributed by atoms with Crippen LogP contribution in [0.1, 0.15) is 19.8 Å². The average molecular weight is 391 g/mol. The number of nitrogens with zero attached hydrogens (tertiary/aromatic N) is 1. The molecule has 0 atom stereocenters. The summed E-state index contributed by atoms with van der Waals surface area (Å²) in [5.74, 6) is 0.480. The Labute approximate surface area is 150 Å². The first-order valence-electron chi connectivity index (χ1n) is 8.38. The van der Waals surface area contributed by atoms with Gasteiger partial charge in [-0.05, 0) is 50.2 Å². The molecule has 0 radical (unpaired) electrons. The van der Waals surface area contributed by atoms with Crippen LogP contribution in [0.3, 0.4) is 0 Å². The minimum Gasteiger partial charge on any atom is -0.493 e.